The van der Waals surface area contributed by atoms with Crippen LogP contribution in [0.1, 0.15) is 40.5 Å². The molecule has 0 aromatic carbocycles. The Labute approximate surface area is 64.6 Å². The van der Waals surface area contributed by atoms with Gasteiger partial charge in [0.15, 0.2) is 0 Å². The smallest absolute Gasteiger partial charge is 0.0302 e. The molecule has 0 spiro atoms. The van der Waals surface area contributed by atoms with E-state index in [0.29, 0.717) is 0 Å². The number of hydrogen-bond donors (Lipinski definition) is 0. The van der Waals surface area contributed by atoms with Gasteiger partial charge in [-0.2, -0.15) is 0 Å². The fourth-order valence-electron chi connectivity index (χ4n) is 1.06. The van der Waals surface area contributed by atoms with Crippen LogP contribution in [-0.2, 0) is 0 Å². The lowest BCUT2D eigenvalue weighted by molar-refractivity contribution is 1.06. The van der Waals surface area contributed by atoms with Gasteiger partial charge in [-0.3, -0.25) is 0 Å². The van der Waals surface area contributed by atoms with Gasteiger partial charge in [0.2, 0.25) is 0 Å². The first-order valence-corrected chi connectivity index (χ1v) is 3.99. The highest BCUT2D eigenvalue weighted by Gasteiger charge is 1.92. The zero-order chi connectivity index (χ0) is 7.98. The molecule has 0 aromatic rings. The summed E-state index contributed by atoms with van der Waals surface area (Å²) < 4.78 is 0. The number of hydrogen-bond acceptors (Lipinski definition) is 0. The minimum Gasteiger partial charge on any atom is -0.0842 e. The first-order valence-electron chi connectivity index (χ1n) is 3.99. The summed E-state index contributed by atoms with van der Waals surface area (Å²) in [5.41, 5.74) is 2.73. The Hall–Kier alpha value is -0.520. The maximum absolute atomic E-state index is 3.30. The van der Waals surface area contributed by atoms with E-state index in [4.69, 9.17) is 0 Å². The van der Waals surface area contributed by atoms with Gasteiger partial charge in [-0.25, -0.2) is 0 Å². The summed E-state index contributed by atoms with van der Waals surface area (Å²) in [6, 6.07) is 0. The molecule has 0 aliphatic rings. The molecule has 0 atom stereocenters. The van der Waals surface area contributed by atoms with E-state index in [0.717, 1.165) is 12.8 Å². The number of rotatable bonds is 3. The van der Waals surface area contributed by atoms with Crippen LogP contribution in [-0.4, -0.2) is 0 Å². The topological polar surface area (TPSA) is 0 Å². The third-order valence-corrected chi connectivity index (χ3v) is 1.65. The van der Waals surface area contributed by atoms with E-state index in [1.165, 1.54) is 11.1 Å². The van der Waals surface area contributed by atoms with Crippen LogP contribution in [0.25, 0.3) is 0 Å². The molecule has 0 saturated heterocycles. The largest absolute Gasteiger partial charge is 0.0842 e. The third-order valence-electron chi connectivity index (χ3n) is 1.65. The summed E-state index contributed by atoms with van der Waals surface area (Å²) in [4.78, 5) is 0. The van der Waals surface area contributed by atoms with E-state index in [1.54, 1.807) is 0 Å². The molecule has 0 nitrogen and oxygen atoms in total. The Morgan fingerprint density at radius 2 is 2.00 bits per heavy atom. The van der Waals surface area contributed by atoms with Gasteiger partial charge in [-0.15, -0.1) is 0 Å². The first-order chi connectivity index (χ1) is 4.76. The second kappa shape index (κ2) is 5.28. The van der Waals surface area contributed by atoms with Crippen LogP contribution in [0, 0.1) is 6.08 Å². The molecular weight excluding hydrogens is 120 g/mol. The van der Waals surface area contributed by atoms with E-state index in [9.17, 15) is 0 Å². The molecule has 10 heavy (non-hydrogen) atoms. The van der Waals surface area contributed by atoms with E-state index < -0.39 is 0 Å². The van der Waals surface area contributed by atoms with Gasteiger partial charge in [-0.05, 0) is 43.9 Å². The van der Waals surface area contributed by atoms with Crippen LogP contribution in [0.4, 0.5) is 0 Å². The van der Waals surface area contributed by atoms with Gasteiger partial charge in [0.1, 0.15) is 0 Å². The van der Waals surface area contributed by atoms with Crippen LogP contribution in [0.2, 0.25) is 0 Å². The van der Waals surface area contributed by atoms with Crippen molar-refractivity contribution in [2.45, 2.75) is 40.5 Å². The van der Waals surface area contributed by atoms with Crippen LogP contribution in [0.5, 0.6) is 0 Å². The highest BCUT2D eigenvalue weighted by atomic mass is 14.0. The molecule has 0 saturated carbocycles. The molecule has 0 heterocycles. The Bertz CT molecular complexity index is 138. The second-order valence-corrected chi connectivity index (χ2v) is 2.32. The summed E-state index contributed by atoms with van der Waals surface area (Å²) in [7, 11) is 0. The number of allylic oxidation sites excluding steroid dienone is 4. The lowest BCUT2D eigenvalue weighted by Gasteiger charge is -2.01. The Kier molecular flexibility index (Phi) is 5.00. The third kappa shape index (κ3) is 2.86. The molecule has 1 radical (unpaired) electrons. The Balaban J connectivity index is 4.16. The predicted molar refractivity (Wildman–Crippen MR) is 46.8 cm³/mol. The molecule has 0 unspecified atom stereocenters. The van der Waals surface area contributed by atoms with E-state index in [-0.39, 0.29) is 0 Å². The highest BCUT2D eigenvalue weighted by molar-refractivity contribution is 5.25. The average Bonchev–Trinajstić information content (AvgIpc) is 1.91. The van der Waals surface area contributed by atoms with E-state index >= 15 is 0 Å². The van der Waals surface area contributed by atoms with Gasteiger partial charge in [0.05, 0.1) is 0 Å². The molecule has 0 heteroatoms. The minimum absolute atomic E-state index is 1.02. The van der Waals surface area contributed by atoms with Crippen molar-refractivity contribution in [1.82, 2.24) is 0 Å². The first kappa shape index (κ1) is 9.48. The standard InChI is InChI=1S/C10H17/c1-5-8-9(4)10(6-2)7-3/h6H,5,7H2,1-4H3. The lowest BCUT2D eigenvalue weighted by atomic mass is 10.0. The Morgan fingerprint density at radius 1 is 1.40 bits per heavy atom. The maximum Gasteiger partial charge on any atom is -0.0302 e. The average molecular weight is 137 g/mol. The zero-order valence-corrected chi connectivity index (χ0v) is 7.49. The minimum atomic E-state index is 1.02. The molecule has 0 fully saturated rings. The van der Waals surface area contributed by atoms with Crippen molar-refractivity contribution in [2.24, 2.45) is 0 Å². The monoisotopic (exact) mass is 137 g/mol. The Morgan fingerprint density at radius 3 is 2.30 bits per heavy atom. The second-order valence-electron chi connectivity index (χ2n) is 2.32. The normalized spacial score (nSPS) is 14.0. The zero-order valence-electron chi connectivity index (χ0n) is 7.49. The van der Waals surface area contributed by atoms with Crippen molar-refractivity contribution in [2.75, 3.05) is 0 Å². The van der Waals surface area contributed by atoms with Gasteiger partial charge >= 0.3 is 0 Å². The predicted octanol–water partition coefficient (Wildman–Crippen LogP) is 3.50. The molecule has 0 rings (SSSR count). The molecule has 0 N–H and O–H groups in total. The lowest BCUT2D eigenvalue weighted by Crippen LogP contribution is -1.82. The summed E-state index contributed by atoms with van der Waals surface area (Å²) in [6.07, 6.45) is 7.60. The van der Waals surface area contributed by atoms with Crippen LogP contribution < -0.4 is 0 Å². The summed E-state index contributed by atoms with van der Waals surface area (Å²) in [6.45, 7) is 8.50. The quantitative estimate of drug-likeness (QED) is 0.522. The van der Waals surface area contributed by atoms with Gasteiger partial charge in [-0.1, -0.05) is 19.9 Å². The van der Waals surface area contributed by atoms with Crippen LogP contribution in [0.3, 0.4) is 0 Å². The van der Waals surface area contributed by atoms with Crippen molar-refractivity contribution < 1.29 is 0 Å². The van der Waals surface area contributed by atoms with Crippen molar-refractivity contribution in [3.63, 3.8) is 0 Å². The fraction of sp³-hybridized carbons (Fsp3) is 0.600. The van der Waals surface area contributed by atoms with Crippen LogP contribution in [0.15, 0.2) is 17.2 Å². The van der Waals surface area contributed by atoms with Crippen molar-refractivity contribution in [3.8, 4) is 0 Å². The van der Waals surface area contributed by atoms with Gasteiger partial charge < -0.3 is 0 Å². The summed E-state index contributed by atoms with van der Waals surface area (Å²) >= 11 is 0. The molecule has 0 aliphatic heterocycles. The molecule has 0 aliphatic carbocycles. The molecule has 0 amide bonds. The van der Waals surface area contributed by atoms with Crippen molar-refractivity contribution in [1.29, 1.82) is 0 Å². The maximum atomic E-state index is 3.30. The summed E-state index contributed by atoms with van der Waals surface area (Å²) in [5.74, 6) is 0. The SMILES string of the molecule is CC=C(CC)/C(C)=[C]/CC. The van der Waals surface area contributed by atoms with Gasteiger partial charge in [0.25, 0.3) is 0 Å². The van der Waals surface area contributed by atoms with Gasteiger partial charge in [0, 0.05) is 0 Å². The molecule has 57 valence electrons. The van der Waals surface area contributed by atoms with Crippen LogP contribution >= 0.6 is 0 Å². The summed E-state index contributed by atoms with van der Waals surface area (Å²) in [5, 5.41) is 0. The van der Waals surface area contributed by atoms with E-state index in [1.807, 2.05) is 0 Å². The van der Waals surface area contributed by atoms with E-state index in [2.05, 4.69) is 39.8 Å². The molecule has 0 bridgehead atoms. The fourth-order valence-corrected chi connectivity index (χ4v) is 1.06. The highest BCUT2D eigenvalue weighted by Crippen LogP contribution is 2.12. The molecule has 0 aromatic heterocycles. The van der Waals surface area contributed by atoms with Crippen molar-refractivity contribution >= 4 is 0 Å². The van der Waals surface area contributed by atoms with Crippen molar-refractivity contribution in [3.05, 3.63) is 23.3 Å². The molecular formula is C10H17.